The van der Waals surface area contributed by atoms with Crippen LogP contribution in [0.2, 0.25) is 0 Å². The zero-order valence-electron chi connectivity index (χ0n) is 17.0. The second kappa shape index (κ2) is 8.35. The third-order valence-electron chi connectivity index (χ3n) is 5.42. The SMILES string of the molecule is Cc1cc(OCC(C)NCc2cc(CN)ccn2)c2c3c(c(=O)oc2c1)CCC3. The first-order valence-corrected chi connectivity index (χ1v) is 10.1. The molecule has 6 heteroatoms. The molecule has 29 heavy (non-hydrogen) atoms. The van der Waals surface area contributed by atoms with E-state index in [4.69, 9.17) is 14.9 Å². The average Bonchev–Trinajstić information content (AvgIpc) is 3.21. The highest BCUT2D eigenvalue weighted by molar-refractivity contribution is 5.88. The second-order valence-corrected chi connectivity index (χ2v) is 7.79. The molecule has 0 saturated heterocycles. The molecule has 1 aromatic carbocycles. The molecule has 0 amide bonds. The number of nitrogens with two attached hydrogens (primary N) is 1. The van der Waals surface area contributed by atoms with Crippen molar-refractivity contribution in [2.45, 2.75) is 52.2 Å². The van der Waals surface area contributed by atoms with E-state index in [1.54, 1.807) is 6.20 Å². The summed E-state index contributed by atoms with van der Waals surface area (Å²) in [5, 5.41) is 4.39. The molecule has 152 valence electrons. The Hall–Kier alpha value is -2.70. The predicted molar refractivity (Wildman–Crippen MR) is 113 cm³/mol. The lowest BCUT2D eigenvalue weighted by molar-refractivity contribution is 0.274. The molecule has 2 heterocycles. The molecule has 1 aliphatic rings. The summed E-state index contributed by atoms with van der Waals surface area (Å²) >= 11 is 0. The highest BCUT2D eigenvalue weighted by atomic mass is 16.5. The number of aromatic nitrogens is 1. The van der Waals surface area contributed by atoms with Crippen molar-refractivity contribution < 1.29 is 9.15 Å². The summed E-state index contributed by atoms with van der Waals surface area (Å²) in [5.74, 6) is 0.791. The second-order valence-electron chi connectivity index (χ2n) is 7.79. The van der Waals surface area contributed by atoms with Gasteiger partial charge in [0.1, 0.15) is 17.9 Å². The maximum atomic E-state index is 12.2. The molecular weight excluding hydrogens is 366 g/mol. The fourth-order valence-electron chi connectivity index (χ4n) is 3.92. The maximum Gasteiger partial charge on any atom is 0.339 e. The lowest BCUT2D eigenvalue weighted by Gasteiger charge is -2.17. The fourth-order valence-corrected chi connectivity index (χ4v) is 3.92. The maximum absolute atomic E-state index is 12.2. The Balaban J connectivity index is 1.49. The van der Waals surface area contributed by atoms with Crippen molar-refractivity contribution in [2.24, 2.45) is 5.73 Å². The van der Waals surface area contributed by atoms with E-state index in [0.29, 0.717) is 25.3 Å². The van der Waals surface area contributed by atoms with Gasteiger partial charge in [0.15, 0.2) is 0 Å². The third-order valence-corrected chi connectivity index (χ3v) is 5.42. The van der Waals surface area contributed by atoms with E-state index < -0.39 is 0 Å². The highest BCUT2D eigenvalue weighted by Crippen LogP contribution is 2.35. The van der Waals surface area contributed by atoms with Crippen LogP contribution in [0.4, 0.5) is 0 Å². The molecule has 0 spiro atoms. The first-order valence-electron chi connectivity index (χ1n) is 10.1. The van der Waals surface area contributed by atoms with Gasteiger partial charge >= 0.3 is 5.63 Å². The van der Waals surface area contributed by atoms with Crippen molar-refractivity contribution in [3.05, 3.63) is 68.8 Å². The van der Waals surface area contributed by atoms with Crippen molar-refractivity contribution >= 4 is 11.0 Å². The molecule has 1 atom stereocenters. The van der Waals surface area contributed by atoms with Crippen molar-refractivity contribution in [3.8, 4) is 5.75 Å². The van der Waals surface area contributed by atoms with Crippen molar-refractivity contribution in [3.63, 3.8) is 0 Å². The van der Waals surface area contributed by atoms with Gasteiger partial charge in [0.25, 0.3) is 0 Å². The molecule has 1 unspecified atom stereocenters. The van der Waals surface area contributed by atoms with Gasteiger partial charge in [-0.25, -0.2) is 4.79 Å². The highest BCUT2D eigenvalue weighted by Gasteiger charge is 2.22. The van der Waals surface area contributed by atoms with E-state index in [-0.39, 0.29) is 11.7 Å². The van der Waals surface area contributed by atoms with E-state index in [1.165, 1.54) is 0 Å². The summed E-state index contributed by atoms with van der Waals surface area (Å²) in [7, 11) is 0. The minimum atomic E-state index is -0.205. The van der Waals surface area contributed by atoms with Crippen LogP contribution in [0.15, 0.2) is 39.7 Å². The van der Waals surface area contributed by atoms with Gasteiger partial charge in [-0.05, 0) is 74.1 Å². The molecule has 0 radical (unpaired) electrons. The van der Waals surface area contributed by atoms with Gasteiger partial charge in [-0.2, -0.15) is 0 Å². The number of hydrogen-bond acceptors (Lipinski definition) is 6. The summed E-state index contributed by atoms with van der Waals surface area (Å²) in [6.45, 7) is 5.72. The van der Waals surface area contributed by atoms with Gasteiger partial charge in [-0.3, -0.25) is 4.98 Å². The smallest absolute Gasteiger partial charge is 0.339 e. The molecule has 0 fully saturated rings. The number of fused-ring (bicyclic) bond motifs is 3. The fraction of sp³-hybridized carbons (Fsp3) is 0.391. The van der Waals surface area contributed by atoms with Gasteiger partial charge in [0.05, 0.1) is 11.1 Å². The zero-order valence-corrected chi connectivity index (χ0v) is 17.0. The van der Waals surface area contributed by atoms with Crippen LogP contribution in [0.25, 0.3) is 11.0 Å². The molecule has 3 N–H and O–H groups in total. The summed E-state index contributed by atoms with van der Waals surface area (Å²) in [6.07, 6.45) is 4.45. The summed E-state index contributed by atoms with van der Waals surface area (Å²) < 4.78 is 11.8. The van der Waals surface area contributed by atoms with Crippen LogP contribution >= 0.6 is 0 Å². The Kier molecular flexibility index (Phi) is 5.65. The molecule has 0 aliphatic heterocycles. The van der Waals surface area contributed by atoms with Gasteiger partial charge in [0.2, 0.25) is 0 Å². The van der Waals surface area contributed by atoms with Crippen LogP contribution in [-0.2, 0) is 25.9 Å². The Morgan fingerprint density at radius 2 is 2.10 bits per heavy atom. The molecule has 4 rings (SSSR count). The zero-order chi connectivity index (χ0) is 20.4. The van der Waals surface area contributed by atoms with Crippen LogP contribution < -0.4 is 21.4 Å². The molecule has 0 bridgehead atoms. The number of rotatable bonds is 7. The van der Waals surface area contributed by atoms with E-state index in [0.717, 1.165) is 58.3 Å². The number of aryl methyl sites for hydroxylation is 2. The monoisotopic (exact) mass is 393 g/mol. The van der Waals surface area contributed by atoms with E-state index in [1.807, 2.05) is 31.2 Å². The van der Waals surface area contributed by atoms with Crippen LogP contribution in [-0.4, -0.2) is 17.6 Å². The lowest BCUT2D eigenvalue weighted by atomic mass is 10.0. The lowest BCUT2D eigenvalue weighted by Crippen LogP contribution is -2.31. The van der Waals surface area contributed by atoms with Gasteiger partial charge < -0.3 is 20.2 Å². The number of benzene rings is 1. The van der Waals surface area contributed by atoms with Gasteiger partial charge in [0, 0.05) is 30.9 Å². The molecule has 6 nitrogen and oxygen atoms in total. The number of pyridine rings is 1. The molecule has 1 aliphatic carbocycles. The van der Waals surface area contributed by atoms with Crippen molar-refractivity contribution in [1.82, 2.24) is 10.3 Å². The Morgan fingerprint density at radius 3 is 2.93 bits per heavy atom. The minimum absolute atomic E-state index is 0.123. The molecule has 0 saturated carbocycles. The number of hydrogen-bond donors (Lipinski definition) is 2. The number of nitrogens with zero attached hydrogens (tertiary/aromatic N) is 1. The summed E-state index contributed by atoms with van der Waals surface area (Å²) in [5.41, 5.74) is 11.1. The predicted octanol–water partition coefficient (Wildman–Crippen LogP) is 3.00. The molecule has 3 aromatic rings. The average molecular weight is 393 g/mol. The van der Waals surface area contributed by atoms with Crippen LogP contribution in [0.5, 0.6) is 5.75 Å². The van der Waals surface area contributed by atoms with Crippen LogP contribution in [0.1, 0.15) is 41.3 Å². The van der Waals surface area contributed by atoms with Gasteiger partial charge in [-0.1, -0.05) is 0 Å². The Bertz CT molecular complexity index is 1090. The Morgan fingerprint density at radius 1 is 1.28 bits per heavy atom. The first kappa shape index (κ1) is 19.6. The minimum Gasteiger partial charge on any atom is -0.491 e. The third kappa shape index (κ3) is 4.18. The van der Waals surface area contributed by atoms with Crippen LogP contribution in [0.3, 0.4) is 0 Å². The van der Waals surface area contributed by atoms with E-state index >= 15 is 0 Å². The van der Waals surface area contributed by atoms with Crippen LogP contribution in [0, 0.1) is 6.92 Å². The Labute approximate surface area is 170 Å². The molecule has 2 aromatic heterocycles. The molecular formula is C23H27N3O3. The quantitative estimate of drug-likeness (QED) is 0.600. The summed E-state index contributed by atoms with van der Waals surface area (Å²) in [4.78, 5) is 16.6. The normalized spacial score (nSPS) is 14.2. The topological polar surface area (TPSA) is 90.4 Å². The summed E-state index contributed by atoms with van der Waals surface area (Å²) in [6, 6.07) is 8.01. The number of ether oxygens (including phenoxy) is 1. The van der Waals surface area contributed by atoms with E-state index in [2.05, 4.69) is 17.2 Å². The van der Waals surface area contributed by atoms with E-state index in [9.17, 15) is 4.79 Å². The van der Waals surface area contributed by atoms with Crippen molar-refractivity contribution in [1.29, 1.82) is 0 Å². The van der Waals surface area contributed by atoms with Gasteiger partial charge in [-0.15, -0.1) is 0 Å². The standard InChI is InChI=1S/C23H27N3O3/c1-14-8-20(22-18-4-3-5-19(18)23(27)29-21(22)9-14)28-13-15(2)26-12-17-10-16(11-24)6-7-25-17/h6-10,15,26H,3-5,11-13,24H2,1-2H3. The van der Waals surface area contributed by atoms with Crippen molar-refractivity contribution in [2.75, 3.05) is 6.61 Å². The largest absolute Gasteiger partial charge is 0.491 e. The first-order chi connectivity index (χ1) is 14.0. The number of nitrogens with one attached hydrogen (secondary N) is 1.